The highest BCUT2D eigenvalue weighted by atomic mass is 15.2. The highest BCUT2D eigenvalue weighted by Gasteiger charge is 2.33. The summed E-state index contributed by atoms with van der Waals surface area (Å²) in [4.78, 5) is 17.6. The van der Waals surface area contributed by atoms with Crippen LogP contribution >= 0.6 is 0 Å². The largest absolute Gasteiger partial charge is 0.306 e. The number of hydrogen-bond donors (Lipinski definition) is 0. The molecule has 6 heterocycles. The van der Waals surface area contributed by atoms with Crippen molar-refractivity contribution in [2.45, 2.75) is 0 Å². The molecule has 7 nitrogen and oxygen atoms in total. The Balaban J connectivity index is 1.24. The fraction of sp³-hybridized carbons (Fsp3) is 0. The number of benzene rings is 10. The first-order chi connectivity index (χ1) is 37.8. The Kier molecular flexibility index (Phi) is 9.20. The molecule has 0 radical (unpaired) electrons. The van der Waals surface area contributed by atoms with Crippen molar-refractivity contribution in [3.63, 3.8) is 0 Å². The minimum atomic E-state index is 0.614. The molecule has 76 heavy (non-hydrogen) atoms. The van der Waals surface area contributed by atoms with Crippen LogP contribution in [0.3, 0.4) is 0 Å². The third-order valence-electron chi connectivity index (χ3n) is 15.4. The number of hydrogen-bond acceptors (Lipinski definition) is 3. The van der Waals surface area contributed by atoms with Gasteiger partial charge in [-0.05, 0) is 54.6 Å². The molecule has 0 fully saturated rings. The second-order valence-electron chi connectivity index (χ2n) is 19.5. The molecular weight excluding hydrogens is 927 g/mol. The van der Waals surface area contributed by atoms with Gasteiger partial charge in [-0.25, -0.2) is 15.0 Å². The summed E-state index contributed by atoms with van der Waals surface area (Å²) in [6.45, 7) is 0. The fourth-order valence-corrected chi connectivity index (χ4v) is 12.2. The van der Waals surface area contributed by atoms with Gasteiger partial charge >= 0.3 is 0 Å². The smallest absolute Gasteiger partial charge is 0.166 e. The Hall–Kier alpha value is -10.4. The summed E-state index contributed by atoms with van der Waals surface area (Å²) in [5.41, 5.74) is 14.5. The van der Waals surface area contributed by atoms with Gasteiger partial charge in [-0.15, -0.1) is 0 Å². The van der Waals surface area contributed by atoms with Crippen molar-refractivity contribution in [2.24, 2.45) is 0 Å². The average molecular weight is 970 g/mol. The number of para-hydroxylation sites is 8. The molecule has 0 aliphatic heterocycles. The third kappa shape index (κ3) is 6.14. The van der Waals surface area contributed by atoms with E-state index in [-0.39, 0.29) is 0 Å². The highest BCUT2D eigenvalue weighted by molar-refractivity contribution is 6.15. The maximum Gasteiger partial charge on any atom is 0.166 e. The molecule has 16 rings (SSSR count). The standard InChI is InChI=1S/C69H43N7/c1-3-23-44(24-4-1)54-43-55(71-67(70-54)45-25-5-2-6-26-45)64-65(73-56-35-15-7-27-46(56)47-28-8-16-36-57(47)73)66(74-58-37-17-9-29-48(58)49-30-10-18-38-59(49)74)69(76-62-41-21-13-33-52(62)53-34-14-22-42-63(53)76)72-68(64)75-60-39-19-11-31-50(60)51-32-12-20-40-61(51)75/h1-43H. The molecule has 0 unspecified atom stereocenters. The summed E-state index contributed by atoms with van der Waals surface area (Å²) in [7, 11) is 0. The normalized spacial score (nSPS) is 11.9. The first-order valence-corrected chi connectivity index (χ1v) is 25.8. The summed E-state index contributed by atoms with van der Waals surface area (Å²) >= 11 is 0. The molecule has 0 N–H and O–H groups in total. The second kappa shape index (κ2) is 16.6. The van der Waals surface area contributed by atoms with Crippen LogP contribution in [0.15, 0.2) is 261 Å². The molecule has 0 saturated heterocycles. The predicted molar refractivity (Wildman–Crippen MR) is 313 cm³/mol. The lowest BCUT2D eigenvalue weighted by molar-refractivity contribution is 0.962. The van der Waals surface area contributed by atoms with E-state index in [1.54, 1.807) is 0 Å². The fourth-order valence-electron chi connectivity index (χ4n) is 12.2. The van der Waals surface area contributed by atoms with Gasteiger partial charge in [0.2, 0.25) is 0 Å². The summed E-state index contributed by atoms with van der Waals surface area (Å²) in [5.74, 6) is 2.11. The Labute approximate surface area is 436 Å². The molecular formula is C69H43N7. The zero-order chi connectivity index (χ0) is 49.8. The van der Waals surface area contributed by atoms with E-state index in [0.717, 1.165) is 138 Å². The third-order valence-corrected chi connectivity index (χ3v) is 15.4. The summed E-state index contributed by atoms with van der Waals surface area (Å²) in [5, 5.41) is 9.12. The SMILES string of the molecule is c1ccc(-c2cc(-c3c(-n4c5ccccc5c5ccccc54)nc(-n4c5ccccc5c5ccccc54)c(-n4c5ccccc5c5ccccc54)c3-n3c4ccccc4c4ccccc43)nc(-c3ccccc3)n2)cc1. The second-order valence-corrected chi connectivity index (χ2v) is 19.5. The highest BCUT2D eigenvalue weighted by Crippen LogP contribution is 2.49. The molecule has 6 aromatic heterocycles. The minimum absolute atomic E-state index is 0.614. The van der Waals surface area contributed by atoms with Crippen LogP contribution in [-0.4, -0.2) is 33.2 Å². The maximum atomic E-state index is 6.37. The van der Waals surface area contributed by atoms with Crippen molar-refractivity contribution in [2.75, 3.05) is 0 Å². The van der Waals surface area contributed by atoms with Crippen LogP contribution in [-0.2, 0) is 0 Å². The Morgan fingerprint density at radius 2 is 0.513 bits per heavy atom. The zero-order valence-corrected chi connectivity index (χ0v) is 41.0. The lowest BCUT2D eigenvalue weighted by Gasteiger charge is -2.27. The van der Waals surface area contributed by atoms with Crippen molar-refractivity contribution >= 4 is 87.2 Å². The van der Waals surface area contributed by atoms with E-state index in [1.165, 1.54) is 0 Å². The van der Waals surface area contributed by atoms with Crippen molar-refractivity contribution < 1.29 is 0 Å². The van der Waals surface area contributed by atoms with Gasteiger partial charge in [0, 0.05) is 54.2 Å². The molecule has 0 amide bonds. The molecule has 0 aliphatic rings. The van der Waals surface area contributed by atoms with E-state index >= 15 is 0 Å². The number of rotatable bonds is 7. The van der Waals surface area contributed by atoms with Crippen LogP contribution in [0.25, 0.3) is 144 Å². The van der Waals surface area contributed by atoms with Crippen LogP contribution < -0.4 is 0 Å². The van der Waals surface area contributed by atoms with Crippen LogP contribution in [0.2, 0.25) is 0 Å². The van der Waals surface area contributed by atoms with E-state index in [4.69, 9.17) is 15.0 Å². The average Bonchev–Trinajstić information content (AvgIpc) is 4.32. The molecule has 0 bridgehead atoms. The molecule has 10 aromatic carbocycles. The van der Waals surface area contributed by atoms with Gasteiger partial charge in [0.1, 0.15) is 5.69 Å². The molecule has 16 aromatic rings. The monoisotopic (exact) mass is 969 g/mol. The maximum absolute atomic E-state index is 6.37. The minimum Gasteiger partial charge on any atom is -0.306 e. The molecule has 354 valence electrons. The summed E-state index contributed by atoms with van der Waals surface area (Å²) in [6.07, 6.45) is 0. The van der Waals surface area contributed by atoms with Crippen molar-refractivity contribution in [3.05, 3.63) is 261 Å². The predicted octanol–water partition coefficient (Wildman–Crippen LogP) is 17.3. The van der Waals surface area contributed by atoms with E-state index < -0.39 is 0 Å². The van der Waals surface area contributed by atoms with Gasteiger partial charge in [-0.2, -0.15) is 0 Å². The summed E-state index contributed by atoms with van der Waals surface area (Å²) in [6, 6.07) is 93.3. The topological polar surface area (TPSA) is 58.4 Å². The van der Waals surface area contributed by atoms with Crippen LogP contribution in [0, 0.1) is 0 Å². The van der Waals surface area contributed by atoms with Gasteiger partial charge in [-0.1, -0.05) is 206 Å². The van der Waals surface area contributed by atoms with Gasteiger partial charge in [0.05, 0.1) is 66.8 Å². The van der Waals surface area contributed by atoms with Crippen LogP contribution in [0.4, 0.5) is 0 Å². The molecule has 7 heteroatoms. The van der Waals surface area contributed by atoms with Crippen LogP contribution in [0.1, 0.15) is 0 Å². The van der Waals surface area contributed by atoms with E-state index in [0.29, 0.717) is 5.82 Å². The van der Waals surface area contributed by atoms with Gasteiger partial charge in [0.25, 0.3) is 0 Å². The first-order valence-electron chi connectivity index (χ1n) is 25.8. The number of nitrogens with zero attached hydrogens (tertiary/aromatic N) is 7. The molecule has 0 spiro atoms. The summed E-state index contributed by atoms with van der Waals surface area (Å²) < 4.78 is 9.78. The number of fused-ring (bicyclic) bond motifs is 12. The van der Waals surface area contributed by atoms with E-state index in [1.807, 2.05) is 6.07 Å². The molecule has 0 aliphatic carbocycles. The van der Waals surface area contributed by atoms with E-state index in [2.05, 4.69) is 273 Å². The zero-order valence-electron chi connectivity index (χ0n) is 41.0. The number of aromatic nitrogens is 7. The molecule has 0 saturated carbocycles. The quantitative estimate of drug-likeness (QED) is 0.160. The molecule has 0 atom stereocenters. The van der Waals surface area contributed by atoms with Crippen molar-refractivity contribution in [1.82, 2.24) is 33.2 Å². The van der Waals surface area contributed by atoms with Crippen LogP contribution in [0.5, 0.6) is 0 Å². The van der Waals surface area contributed by atoms with Gasteiger partial charge in [0.15, 0.2) is 17.5 Å². The Bertz CT molecular complexity index is 4730. The number of pyridine rings is 1. The van der Waals surface area contributed by atoms with Gasteiger partial charge < -0.3 is 9.13 Å². The Morgan fingerprint density at radius 3 is 0.895 bits per heavy atom. The van der Waals surface area contributed by atoms with E-state index in [9.17, 15) is 0 Å². The first kappa shape index (κ1) is 42.2. The Morgan fingerprint density at radius 1 is 0.224 bits per heavy atom. The van der Waals surface area contributed by atoms with Crippen molar-refractivity contribution in [1.29, 1.82) is 0 Å². The lowest BCUT2D eigenvalue weighted by atomic mass is 10.0. The lowest BCUT2D eigenvalue weighted by Crippen LogP contribution is -2.16. The van der Waals surface area contributed by atoms with Crippen molar-refractivity contribution in [3.8, 4) is 56.9 Å². The van der Waals surface area contributed by atoms with Gasteiger partial charge in [-0.3, -0.25) is 9.13 Å².